The van der Waals surface area contributed by atoms with Crippen molar-refractivity contribution in [3.8, 4) is 0 Å². The molecule has 1 amide bonds. The van der Waals surface area contributed by atoms with Crippen molar-refractivity contribution in [2.24, 2.45) is 17.6 Å². The van der Waals surface area contributed by atoms with Gasteiger partial charge in [-0.1, -0.05) is 13.8 Å². The largest absolute Gasteiger partial charge is 0.320 e. The van der Waals surface area contributed by atoms with Gasteiger partial charge in [-0.25, -0.2) is 5.06 Å². The predicted molar refractivity (Wildman–Crippen MR) is 39.8 cm³/mol. The number of carbonyl (C=O) groups is 1. The third-order valence-corrected chi connectivity index (χ3v) is 2.24. The smallest absolute Gasteiger partial charge is 0.263 e. The fourth-order valence-electron chi connectivity index (χ4n) is 1.38. The van der Waals surface area contributed by atoms with E-state index in [9.17, 15) is 4.79 Å². The van der Waals surface area contributed by atoms with Crippen LogP contribution in [0.25, 0.3) is 0 Å². The minimum Gasteiger partial charge on any atom is -0.320 e. The summed E-state index contributed by atoms with van der Waals surface area (Å²) in [6, 6.07) is -0.514. The van der Waals surface area contributed by atoms with Crippen molar-refractivity contribution in [3.63, 3.8) is 0 Å². The summed E-state index contributed by atoms with van der Waals surface area (Å²) < 4.78 is 0. The van der Waals surface area contributed by atoms with E-state index in [1.165, 1.54) is 0 Å². The molecular formula is C7H14N2O2. The van der Waals surface area contributed by atoms with Crippen LogP contribution < -0.4 is 5.73 Å². The van der Waals surface area contributed by atoms with E-state index in [2.05, 4.69) is 0 Å². The first-order valence-corrected chi connectivity index (χ1v) is 3.80. The van der Waals surface area contributed by atoms with E-state index < -0.39 is 6.04 Å². The Kier molecular flexibility index (Phi) is 2.15. The standard InChI is InChI=1S/C7H14N2O2/c1-4(2)5-3-9(11)7(10)6(5)8/h4-6,11H,3,8H2,1-2H3/t5-,6-/m1/s1. The summed E-state index contributed by atoms with van der Waals surface area (Å²) >= 11 is 0. The molecule has 0 aromatic carbocycles. The number of nitrogens with two attached hydrogens (primary N) is 1. The zero-order valence-corrected chi connectivity index (χ0v) is 6.82. The first-order valence-electron chi connectivity index (χ1n) is 3.80. The van der Waals surface area contributed by atoms with Crippen LogP contribution in [0.15, 0.2) is 0 Å². The molecule has 1 aliphatic rings. The maximum atomic E-state index is 11.0. The first-order chi connectivity index (χ1) is 5.04. The molecule has 3 N–H and O–H groups in total. The normalized spacial score (nSPS) is 32.1. The molecule has 0 saturated carbocycles. The number of nitrogens with zero attached hydrogens (tertiary/aromatic N) is 1. The number of hydrogen-bond donors (Lipinski definition) is 2. The molecule has 0 radical (unpaired) electrons. The minimum atomic E-state index is -0.514. The maximum Gasteiger partial charge on any atom is 0.263 e. The number of amides is 1. The summed E-state index contributed by atoms with van der Waals surface area (Å²) in [5, 5.41) is 9.71. The molecule has 0 spiro atoms. The summed E-state index contributed by atoms with van der Waals surface area (Å²) in [5.41, 5.74) is 5.56. The summed E-state index contributed by atoms with van der Waals surface area (Å²) in [4.78, 5) is 11.0. The van der Waals surface area contributed by atoms with Crippen molar-refractivity contribution in [1.29, 1.82) is 0 Å². The molecule has 64 valence electrons. The quantitative estimate of drug-likeness (QED) is 0.520. The molecule has 1 fully saturated rings. The Bertz CT molecular complexity index is 170. The molecule has 11 heavy (non-hydrogen) atoms. The van der Waals surface area contributed by atoms with E-state index in [-0.39, 0.29) is 11.8 Å². The number of hydrogen-bond acceptors (Lipinski definition) is 3. The van der Waals surface area contributed by atoms with Gasteiger partial charge in [-0.3, -0.25) is 10.0 Å². The van der Waals surface area contributed by atoms with Crippen LogP contribution in [0.3, 0.4) is 0 Å². The van der Waals surface area contributed by atoms with Crippen LogP contribution in [0.2, 0.25) is 0 Å². The van der Waals surface area contributed by atoms with Crippen molar-refractivity contribution in [2.45, 2.75) is 19.9 Å². The Morgan fingerprint density at radius 3 is 2.45 bits per heavy atom. The summed E-state index contributed by atoms with van der Waals surface area (Å²) in [6.45, 7) is 4.37. The molecule has 0 aromatic rings. The molecule has 0 aromatic heterocycles. The number of carbonyl (C=O) groups excluding carboxylic acids is 1. The SMILES string of the molecule is CC(C)[C@H]1CN(O)C(=O)[C@@H]1N. The Balaban J connectivity index is 2.67. The van der Waals surface area contributed by atoms with Gasteiger partial charge in [0.2, 0.25) is 0 Å². The van der Waals surface area contributed by atoms with Gasteiger partial charge >= 0.3 is 0 Å². The summed E-state index contributed by atoms with van der Waals surface area (Å²) in [5.74, 6) is 0.0716. The topological polar surface area (TPSA) is 66.6 Å². The molecule has 1 aliphatic heterocycles. The molecule has 2 atom stereocenters. The van der Waals surface area contributed by atoms with Gasteiger partial charge in [-0.15, -0.1) is 0 Å². The van der Waals surface area contributed by atoms with Crippen molar-refractivity contribution in [3.05, 3.63) is 0 Å². The molecule has 1 heterocycles. The Hall–Kier alpha value is -0.610. The van der Waals surface area contributed by atoms with E-state index in [1.807, 2.05) is 13.8 Å². The van der Waals surface area contributed by atoms with E-state index >= 15 is 0 Å². The average molecular weight is 158 g/mol. The lowest BCUT2D eigenvalue weighted by atomic mass is 9.92. The lowest BCUT2D eigenvalue weighted by Crippen LogP contribution is -2.36. The highest BCUT2D eigenvalue weighted by Crippen LogP contribution is 2.22. The first kappa shape index (κ1) is 8.49. The second-order valence-corrected chi connectivity index (χ2v) is 3.35. The molecule has 0 aliphatic carbocycles. The van der Waals surface area contributed by atoms with Gasteiger partial charge in [-0.2, -0.15) is 0 Å². The molecule has 4 heteroatoms. The van der Waals surface area contributed by atoms with E-state index in [0.29, 0.717) is 12.5 Å². The van der Waals surface area contributed by atoms with Crippen LogP contribution in [0.5, 0.6) is 0 Å². The van der Waals surface area contributed by atoms with Gasteiger partial charge < -0.3 is 5.73 Å². The van der Waals surface area contributed by atoms with Crippen LogP contribution in [-0.4, -0.2) is 28.8 Å². The highest BCUT2D eigenvalue weighted by molar-refractivity contribution is 5.83. The molecule has 4 nitrogen and oxygen atoms in total. The average Bonchev–Trinajstić information content (AvgIpc) is 2.17. The van der Waals surface area contributed by atoms with Crippen LogP contribution >= 0.6 is 0 Å². The lowest BCUT2D eigenvalue weighted by molar-refractivity contribution is -0.158. The van der Waals surface area contributed by atoms with Gasteiger partial charge in [-0.05, 0) is 5.92 Å². The van der Waals surface area contributed by atoms with Gasteiger partial charge in [0.05, 0.1) is 12.6 Å². The second-order valence-electron chi connectivity index (χ2n) is 3.35. The zero-order chi connectivity index (χ0) is 8.59. The van der Waals surface area contributed by atoms with E-state index in [1.54, 1.807) is 0 Å². The van der Waals surface area contributed by atoms with E-state index in [4.69, 9.17) is 10.9 Å². The Morgan fingerprint density at radius 1 is 1.73 bits per heavy atom. The second kappa shape index (κ2) is 2.79. The highest BCUT2D eigenvalue weighted by atomic mass is 16.5. The predicted octanol–water partition coefficient (Wildman–Crippen LogP) is -0.183. The molecule has 0 unspecified atom stereocenters. The van der Waals surface area contributed by atoms with Crippen LogP contribution in [0.4, 0.5) is 0 Å². The van der Waals surface area contributed by atoms with Crippen molar-refractivity contribution in [2.75, 3.05) is 6.54 Å². The number of hydroxylamine groups is 2. The van der Waals surface area contributed by atoms with Crippen LogP contribution in [0.1, 0.15) is 13.8 Å². The summed E-state index contributed by atoms with van der Waals surface area (Å²) in [6.07, 6.45) is 0. The number of rotatable bonds is 1. The third-order valence-electron chi connectivity index (χ3n) is 2.24. The molecule has 1 saturated heterocycles. The van der Waals surface area contributed by atoms with Gasteiger partial charge in [0.1, 0.15) is 0 Å². The Morgan fingerprint density at radius 2 is 2.27 bits per heavy atom. The van der Waals surface area contributed by atoms with Crippen molar-refractivity contribution in [1.82, 2.24) is 5.06 Å². The molecule has 0 bridgehead atoms. The lowest BCUT2D eigenvalue weighted by Gasteiger charge is -2.15. The van der Waals surface area contributed by atoms with Crippen LogP contribution in [-0.2, 0) is 4.79 Å². The fraction of sp³-hybridized carbons (Fsp3) is 0.857. The van der Waals surface area contributed by atoms with Gasteiger partial charge in [0.25, 0.3) is 5.91 Å². The van der Waals surface area contributed by atoms with Gasteiger partial charge in [0, 0.05) is 5.92 Å². The summed E-state index contributed by atoms with van der Waals surface area (Å²) in [7, 11) is 0. The van der Waals surface area contributed by atoms with E-state index in [0.717, 1.165) is 5.06 Å². The monoisotopic (exact) mass is 158 g/mol. The fourth-order valence-corrected chi connectivity index (χ4v) is 1.38. The van der Waals surface area contributed by atoms with Gasteiger partial charge in [0.15, 0.2) is 0 Å². The molecule has 1 rings (SSSR count). The third kappa shape index (κ3) is 1.36. The Labute approximate surface area is 65.9 Å². The van der Waals surface area contributed by atoms with Crippen molar-refractivity contribution < 1.29 is 10.0 Å². The highest BCUT2D eigenvalue weighted by Gasteiger charge is 2.38. The van der Waals surface area contributed by atoms with Crippen LogP contribution in [0, 0.1) is 11.8 Å². The maximum absolute atomic E-state index is 11.0. The molecular weight excluding hydrogens is 144 g/mol. The minimum absolute atomic E-state index is 0.0903. The van der Waals surface area contributed by atoms with Crippen molar-refractivity contribution >= 4 is 5.91 Å². The zero-order valence-electron chi connectivity index (χ0n) is 6.82.